The highest BCUT2D eigenvalue weighted by Gasteiger charge is 2.08. The Labute approximate surface area is 115 Å². The van der Waals surface area contributed by atoms with Gasteiger partial charge in [-0.2, -0.15) is 0 Å². The average molecular weight is 252 g/mol. The molecular formula is C18H20O. The van der Waals surface area contributed by atoms with E-state index in [0.717, 1.165) is 18.4 Å². The number of benzene rings is 2. The lowest BCUT2D eigenvalue weighted by molar-refractivity contribution is 0.0979. The Morgan fingerprint density at radius 3 is 2.16 bits per heavy atom. The normalized spacial score (nSPS) is 12.1. The van der Waals surface area contributed by atoms with Crippen molar-refractivity contribution in [3.05, 3.63) is 71.8 Å². The van der Waals surface area contributed by atoms with Gasteiger partial charge in [0.05, 0.1) is 0 Å². The van der Waals surface area contributed by atoms with E-state index in [9.17, 15) is 4.79 Å². The number of ketones is 1. The van der Waals surface area contributed by atoms with Crippen LogP contribution in [0.1, 0.15) is 48.0 Å². The number of hydrogen-bond acceptors (Lipinski definition) is 1. The van der Waals surface area contributed by atoms with Crippen LogP contribution >= 0.6 is 0 Å². The molecule has 0 bridgehead atoms. The van der Waals surface area contributed by atoms with Gasteiger partial charge in [-0.15, -0.1) is 0 Å². The summed E-state index contributed by atoms with van der Waals surface area (Å²) in [5.74, 6) is 0.769. The molecule has 0 spiro atoms. The molecule has 1 nitrogen and oxygen atoms in total. The van der Waals surface area contributed by atoms with E-state index in [1.807, 2.05) is 36.4 Å². The summed E-state index contributed by atoms with van der Waals surface area (Å²) >= 11 is 0. The first kappa shape index (κ1) is 13.5. The van der Waals surface area contributed by atoms with Crippen molar-refractivity contribution in [2.24, 2.45) is 0 Å². The third-order valence-corrected chi connectivity index (χ3v) is 3.51. The molecule has 2 aromatic carbocycles. The average Bonchev–Trinajstić information content (AvgIpc) is 2.49. The summed E-state index contributed by atoms with van der Waals surface area (Å²) in [5.41, 5.74) is 2.18. The summed E-state index contributed by atoms with van der Waals surface area (Å²) in [6.45, 7) is 2.22. The highest BCUT2D eigenvalue weighted by atomic mass is 16.1. The molecular weight excluding hydrogens is 232 g/mol. The van der Waals surface area contributed by atoms with E-state index in [0.29, 0.717) is 12.3 Å². The van der Waals surface area contributed by atoms with E-state index in [-0.39, 0.29) is 5.78 Å². The highest BCUT2D eigenvalue weighted by molar-refractivity contribution is 5.95. The number of hydrogen-bond donors (Lipinski definition) is 0. The van der Waals surface area contributed by atoms with E-state index in [1.165, 1.54) is 5.56 Å². The minimum Gasteiger partial charge on any atom is -0.294 e. The molecule has 0 amide bonds. The molecule has 0 radical (unpaired) electrons. The predicted octanol–water partition coefficient (Wildman–Crippen LogP) is 4.84. The summed E-state index contributed by atoms with van der Waals surface area (Å²) in [5, 5.41) is 0. The minimum absolute atomic E-state index is 0.251. The van der Waals surface area contributed by atoms with Crippen LogP contribution < -0.4 is 0 Å². The summed E-state index contributed by atoms with van der Waals surface area (Å²) < 4.78 is 0. The maximum Gasteiger partial charge on any atom is 0.162 e. The monoisotopic (exact) mass is 252 g/mol. The van der Waals surface area contributed by atoms with Crippen molar-refractivity contribution < 1.29 is 4.79 Å². The van der Waals surface area contributed by atoms with Crippen LogP contribution in [-0.2, 0) is 0 Å². The van der Waals surface area contributed by atoms with Crippen LogP contribution in [0.15, 0.2) is 60.7 Å². The van der Waals surface area contributed by atoms with Gasteiger partial charge in [0.25, 0.3) is 0 Å². The molecule has 1 atom stereocenters. The third kappa shape index (κ3) is 4.06. The van der Waals surface area contributed by atoms with Crippen LogP contribution in [0.2, 0.25) is 0 Å². The molecule has 0 fully saturated rings. The van der Waals surface area contributed by atoms with Gasteiger partial charge < -0.3 is 0 Å². The lowest BCUT2D eigenvalue weighted by Gasteiger charge is -2.11. The molecule has 0 heterocycles. The van der Waals surface area contributed by atoms with Crippen LogP contribution in [0.4, 0.5) is 0 Å². The van der Waals surface area contributed by atoms with Crippen LogP contribution in [0, 0.1) is 0 Å². The van der Waals surface area contributed by atoms with E-state index >= 15 is 0 Å². The minimum atomic E-state index is 0.251. The Morgan fingerprint density at radius 1 is 0.947 bits per heavy atom. The van der Waals surface area contributed by atoms with Crippen molar-refractivity contribution in [3.63, 3.8) is 0 Å². The van der Waals surface area contributed by atoms with Crippen LogP contribution in [0.3, 0.4) is 0 Å². The fourth-order valence-corrected chi connectivity index (χ4v) is 2.29. The van der Waals surface area contributed by atoms with Gasteiger partial charge in [-0.25, -0.2) is 0 Å². The summed E-state index contributed by atoms with van der Waals surface area (Å²) in [6.07, 6.45) is 2.65. The van der Waals surface area contributed by atoms with Gasteiger partial charge in [-0.05, 0) is 24.3 Å². The first-order valence-electron chi connectivity index (χ1n) is 6.90. The van der Waals surface area contributed by atoms with E-state index < -0.39 is 0 Å². The first-order valence-corrected chi connectivity index (χ1v) is 6.90. The zero-order valence-corrected chi connectivity index (χ0v) is 11.4. The molecule has 0 aliphatic rings. The van der Waals surface area contributed by atoms with Gasteiger partial charge in [-0.1, -0.05) is 67.6 Å². The summed E-state index contributed by atoms with van der Waals surface area (Å²) in [6, 6.07) is 20.0. The topological polar surface area (TPSA) is 17.1 Å². The van der Waals surface area contributed by atoms with Gasteiger partial charge in [0.15, 0.2) is 5.78 Å². The largest absolute Gasteiger partial charge is 0.294 e. The zero-order chi connectivity index (χ0) is 13.5. The van der Waals surface area contributed by atoms with E-state index in [2.05, 4.69) is 31.2 Å². The summed E-state index contributed by atoms with van der Waals surface area (Å²) in [7, 11) is 0. The second-order valence-corrected chi connectivity index (χ2v) is 4.99. The number of rotatable bonds is 6. The molecule has 98 valence electrons. The van der Waals surface area contributed by atoms with Crippen molar-refractivity contribution in [1.82, 2.24) is 0 Å². The van der Waals surface area contributed by atoms with Gasteiger partial charge in [0.1, 0.15) is 0 Å². The Bertz CT molecular complexity index is 502. The van der Waals surface area contributed by atoms with Crippen molar-refractivity contribution in [1.29, 1.82) is 0 Å². The van der Waals surface area contributed by atoms with Crippen molar-refractivity contribution in [3.8, 4) is 0 Å². The molecule has 2 aromatic rings. The highest BCUT2D eigenvalue weighted by Crippen LogP contribution is 2.21. The maximum atomic E-state index is 12.0. The smallest absolute Gasteiger partial charge is 0.162 e. The summed E-state index contributed by atoms with van der Waals surface area (Å²) in [4.78, 5) is 12.0. The quantitative estimate of drug-likeness (QED) is 0.672. The van der Waals surface area contributed by atoms with E-state index in [1.54, 1.807) is 0 Å². The number of carbonyl (C=O) groups is 1. The predicted molar refractivity (Wildman–Crippen MR) is 79.5 cm³/mol. The Hall–Kier alpha value is -1.89. The molecule has 1 heteroatoms. The molecule has 0 aromatic heterocycles. The molecule has 0 aliphatic heterocycles. The van der Waals surface area contributed by atoms with E-state index in [4.69, 9.17) is 0 Å². The SMILES string of the molecule is C[C@H](CCCC(=O)c1ccccc1)c1ccccc1. The molecule has 0 saturated heterocycles. The molecule has 0 unspecified atom stereocenters. The van der Waals surface area contributed by atoms with Crippen molar-refractivity contribution in [2.75, 3.05) is 0 Å². The zero-order valence-electron chi connectivity index (χ0n) is 11.4. The third-order valence-electron chi connectivity index (χ3n) is 3.51. The lowest BCUT2D eigenvalue weighted by Crippen LogP contribution is -2.00. The number of carbonyl (C=O) groups excluding carboxylic acids is 1. The standard InChI is InChI=1S/C18H20O/c1-15(16-10-4-2-5-11-16)9-8-14-18(19)17-12-6-3-7-13-17/h2-7,10-13,15H,8-9,14H2,1H3/t15-/m1/s1. The van der Waals surface area contributed by atoms with Crippen LogP contribution in [0.5, 0.6) is 0 Å². The lowest BCUT2D eigenvalue weighted by atomic mass is 9.94. The fraction of sp³-hybridized carbons (Fsp3) is 0.278. The molecule has 2 rings (SSSR count). The maximum absolute atomic E-state index is 12.0. The van der Waals surface area contributed by atoms with Crippen LogP contribution in [0.25, 0.3) is 0 Å². The second kappa shape index (κ2) is 6.89. The van der Waals surface area contributed by atoms with Gasteiger partial charge in [0, 0.05) is 12.0 Å². The van der Waals surface area contributed by atoms with Gasteiger partial charge >= 0.3 is 0 Å². The fourth-order valence-electron chi connectivity index (χ4n) is 2.29. The van der Waals surface area contributed by atoms with Crippen molar-refractivity contribution in [2.45, 2.75) is 32.1 Å². The molecule has 0 saturated carbocycles. The second-order valence-electron chi connectivity index (χ2n) is 4.99. The van der Waals surface area contributed by atoms with Gasteiger partial charge in [-0.3, -0.25) is 4.79 Å². The molecule has 19 heavy (non-hydrogen) atoms. The van der Waals surface area contributed by atoms with Crippen LogP contribution in [-0.4, -0.2) is 5.78 Å². The Morgan fingerprint density at radius 2 is 1.53 bits per heavy atom. The Balaban J connectivity index is 1.79. The number of Topliss-reactive ketones (excluding diaryl/α,β-unsaturated/α-hetero) is 1. The first-order chi connectivity index (χ1) is 9.27. The molecule has 0 N–H and O–H groups in total. The van der Waals surface area contributed by atoms with Crippen molar-refractivity contribution >= 4 is 5.78 Å². The Kier molecular flexibility index (Phi) is 4.91. The molecule has 0 aliphatic carbocycles. The van der Waals surface area contributed by atoms with Gasteiger partial charge in [0.2, 0.25) is 0 Å².